The highest BCUT2D eigenvalue weighted by Gasteiger charge is 2.08. The topological polar surface area (TPSA) is 17.1 Å². The lowest BCUT2D eigenvalue weighted by Crippen LogP contribution is -2.05. The van der Waals surface area contributed by atoms with E-state index in [4.69, 9.17) is 0 Å². The highest BCUT2D eigenvalue weighted by Crippen LogP contribution is 2.15. The van der Waals surface area contributed by atoms with Gasteiger partial charge in [-0.2, -0.15) is 11.8 Å². The molecule has 0 aliphatic heterocycles. The van der Waals surface area contributed by atoms with Crippen LogP contribution in [-0.4, -0.2) is 17.3 Å². The van der Waals surface area contributed by atoms with Gasteiger partial charge in [0.15, 0.2) is 5.78 Å². The zero-order valence-electron chi connectivity index (χ0n) is 11.1. The monoisotopic (exact) mass is 250 g/mol. The van der Waals surface area contributed by atoms with E-state index in [2.05, 4.69) is 13.0 Å². The van der Waals surface area contributed by atoms with Gasteiger partial charge in [-0.1, -0.05) is 37.5 Å². The summed E-state index contributed by atoms with van der Waals surface area (Å²) in [6.45, 7) is 6.24. The molecule has 0 aliphatic rings. The van der Waals surface area contributed by atoms with Crippen LogP contribution in [0.2, 0.25) is 0 Å². The summed E-state index contributed by atoms with van der Waals surface area (Å²) >= 11 is 1.76. The van der Waals surface area contributed by atoms with Crippen molar-refractivity contribution in [2.24, 2.45) is 0 Å². The van der Waals surface area contributed by atoms with Crippen molar-refractivity contribution in [3.05, 3.63) is 34.9 Å². The van der Waals surface area contributed by atoms with Crippen molar-refractivity contribution < 1.29 is 4.79 Å². The van der Waals surface area contributed by atoms with Crippen molar-refractivity contribution in [1.82, 2.24) is 0 Å². The van der Waals surface area contributed by atoms with Crippen molar-refractivity contribution in [2.75, 3.05) is 11.5 Å². The fourth-order valence-electron chi connectivity index (χ4n) is 1.73. The standard InChI is InChI=1S/C15H22OS/c1-4-5-6-9-17-11-15(16)14-10-12(2)7-8-13(14)3/h7-8,10H,4-6,9,11H2,1-3H3. The molecule has 0 unspecified atom stereocenters. The summed E-state index contributed by atoms with van der Waals surface area (Å²) in [4.78, 5) is 12.0. The zero-order valence-corrected chi connectivity index (χ0v) is 11.9. The van der Waals surface area contributed by atoms with Crippen LogP contribution in [-0.2, 0) is 0 Å². The summed E-state index contributed by atoms with van der Waals surface area (Å²) in [6, 6.07) is 6.09. The Labute approximate surface area is 109 Å². The van der Waals surface area contributed by atoms with Crippen molar-refractivity contribution in [3.8, 4) is 0 Å². The molecule has 0 aromatic heterocycles. The van der Waals surface area contributed by atoms with E-state index in [1.54, 1.807) is 11.8 Å². The number of carbonyl (C=O) groups is 1. The Kier molecular flexibility index (Phi) is 6.35. The fourth-order valence-corrected chi connectivity index (χ4v) is 2.63. The van der Waals surface area contributed by atoms with E-state index in [0.717, 1.165) is 22.4 Å². The number of benzene rings is 1. The molecule has 0 N–H and O–H groups in total. The average Bonchev–Trinajstić information content (AvgIpc) is 2.32. The smallest absolute Gasteiger partial charge is 0.172 e. The molecule has 94 valence electrons. The summed E-state index contributed by atoms with van der Waals surface area (Å²) < 4.78 is 0. The molecule has 1 aromatic rings. The van der Waals surface area contributed by atoms with E-state index in [1.807, 2.05) is 26.0 Å². The predicted molar refractivity (Wildman–Crippen MR) is 77.1 cm³/mol. The molecular weight excluding hydrogens is 228 g/mol. The van der Waals surface area contributed by atoms with E-state index in [9.17, 15) is 4.79 Å². The number of aryl methyl sites for hydroxylation is 2. The average molecular weight is 250 g/mol. The van der Waals surface area contributed by atoms with Gasteiger partial charge < -0.3 is 0 Å². The Hall–Kier alpha value is -0.760. The quantitative estimate of drug-likeness (QED) is 0.526. The molecule has 0 heterocycles. The van der Waals surface area contributed by atoms with Crippen molar-refractivity contribution in [1.29, 1.82) is 0 Å². The van der Waals surface area contributed by atoms with Crippen LogP contribution < -0.4 is 0 Å². The molecule has 0 aliphatic carbocycles. The maximum absolute atomic E-state index is 12.0. The number of Topliss-reactive ketones (excluding diaryl/α,β-unsaturated/α-hetero) is 1. The van der Waals surface area contributed by atoms with E-state index >= 15 is 0 Å². The molecule has 0 amide bonds. The molecule has 0 bridgehead atoms. The van der Waals surface area contributed by atoms with Gasteiger partial charge >= 0.3 is 0 Å². The Morgan fingerprint density at radius 2 is 2.00 bits per heavy atom. The van der Waals surface area contributed by atoms with Crippen LogP contribution >= 0.6 is 11.8 Å². The van der Waals surface area contributed by atoms with Crippen molar-refractivity contribution in [2.45, 2.75) is 40.0 Å². The Morgan fingerprint density at radius 1 is 1.24 bits per heavy atom. The Balaban J connectivity index is 2.44. The molecule has 17 heavy (non-hydrogen) atoms. The van der Waals surface area contributed by atoms with Crippen LogP contribution in [0.4, 0.5) is 0 Å². The maximum Gasteiger partial charge on any atom is 0.172 e. The van der Waals surface area contributed by atoms with Gasteiger partial charge in [-0.3, -0.25) is 4.79 Å². The lowest BCUT2D eigenvalue weighted by molar-refractivity contribution is 0.102. The van der Waals surface area contributed by atoms with Gasteiger partial charge in [-0.15, -0.1) is 0 Å². The summed E-state index contributed by atoms with van der Waals surface area (Å²) in [5, 5.41) is 0. The SMILES string of the molecule is CCCCCSCC(=O)c1cc(C)ccc1C. The number of hydrogen-bond donors (Lipinski definition) is 0. The van der Waals surface area contributed by atoms with Gasteiger partial charge in [0, 0.05) is 5.56 Å². The second kappa shape index (κ2) is 7.54. The second-order valence-corrected chi connectivity index (χ2v) is 5.61. The van der Waals surface area contributed by atoms with Crippen LogP contribution in [0.15, 0.2) is 18.2 Å². The highest BCUT2D eigenvalue weighted by molar-refractivity contribution is 7.99. The first-order chi connectivity index (χ1) is 8.15. The molecule has 1 nitrogen and oxygen atoms in total. The third-order valence-electron chi connectivity index (χ3n) is 2.82. The van der Waals surface area contributed by atoms with E-state index < -0.39 is 0 Å². The summed E-state index contributed by atoms with van der Waals surface area (Å²) in [6.07, 6.45) is 3.73. The summed E-state index contributed by atoms with van der Waals surface area (Å²) in [5.74, 6) is 1.99. The minimum Gasteiger partial charge on any atom is -0.293 e. The predicted octanol–water partition coefficient (Wildman–Crippen LogP) is 4.41. The van der Waals surface area contributed by atoms with Crippen LogP contribution in [0.25, 0.3) is 0 Å². The number of thioether (sulfide) groups is 1. The molecule has 1 rings (SSSR count). The third kappa shape index (κ3) is 4.95. The zero-order chi connectivity index (χ0) is 12.7. The molecule has 0 fully saturated rings. The summed E-state index contributed by atoms with van der Waals surface area (Å²) in [7, 11) is 0. The van der Waals surface area contributed by atoms with E-state index in [-0.39, 0.29) is 5.78 Å². The number of carbonyl (C=O) groups excluding carboxylic acids is 1. The third-order valence-corrected chi connectivity index (χ3v) is 3.86. The number of ketones is 1. The molecular formula is C15H22OS. The van der Waals surface area contributed by atoms with Gasteiger partial charge in [0.1, 0.15) is 0 Å². The minimum atomic E-state index is 0.271. The first-order valence-corrected chi connectivity index (χ1v) is 7.48. The van der Waals surface area contributed by atoms with Crippen LogP contribution in [0.1, 0.15) is 47.7 Å². The number of rotatable bonds is 7. The maximum atomic E-state index is 12.0. The van der Waals surface area contributed by atoms with Crippen LogP contribution in [0.3, 0.4) is 0 Å². The van der Waals surface area contributed by atoms with E-state index in [0.29, 0.717) is 5.75 Å². The van der Waals surface area contributed by atoms with Gasteiger partial charge in [-0.25, -0.2) is 0 Å². The van der Waals surface area contributed by atoms with E-state index in [1.165, 1.54) is 19.3 Å². The van der Waals surface area contributed by atoms with Crippen LogP contribution in [0, 0.1) is 13.8 Å². The first kappa shape index (κ1) is 14.3. The largest absolute Gasteiger partial charge is 0.293 e. The highest BCUT2D eigenvalue weighted by atomic mass is 32.2. The van der Waals surface area contributed by atoms with Gasteiger partial charge in [0.05, 0.1) is 5.75 Å². The Morgan fingerprint density at radius 3 is 2.71 bits per heavy atom. The molecule has 0 atom stereocenters. The lowest BCUT2D eigenvalue weighted by Gasteiger charge is -2.06. The van der Waals surface area contributed by atoms with Gasteiger partial charge in [-0.05, 0) is 37.7 Å². The van der Waals surface area contributed by atoms with Crippen molar-refractivity contribution in [3.63, 3.8) is 0 Å². The van der Waals surface area contributed by atoms with Crippen molar-refractivity contribution >= 4 is 17.5 Å². The van der Waals surface area contributed by atoms with Crippen LogP contribution in [0.5, 0.6) is 0 Å². The van der Waals surface area contributed by atoms with Gasteiger partial charge in [0.25, 0.3) is 0 Å². The number of hydrogen-bond acceptors (Lipinski definition) is 2. The second-order valence-electron chi connectivity index (χ2n) is 4.50. The molecule has 0 radical (unpaired) electrons. The normalized spacial score (nSPS) is 10.5. The number of unbranched alkanes of at least 4 members (excludes halogenated alkanes) is 2. The first-order valence-electron chi connectivity index (χ1n) is 6.33. The summed E-state index contributed by atoms with van der Waals surface area (Å²) in [5.41, 5.74) is 3.15. The molecule has 0 saturated heterocycles. The molecule has 1 aromatic carbocycles. The lowest BCUT2D eigenvalue weighted by atomic mass is 10.0. The Bertz CT molecular complexity index is 371. The van der Waals surface area contributed by atoms with Gasteiger partial charge in [0.2, 0.25) is 0 Å². The fraction of sp³-hybridized carbons (Fsp3) is 0.533. The molecule has 2 heteroatoms. The molecule has 0 spiro atoms. The minimum absolute atomic E-state index is 0.271. The molecule has 0 saturated carbocycles.